The van der Waals surface area contributed by atoms with Crippen molar-refractivity contribution < 1.29 is 13.2 Å². The molecule has 0 aliphatic rings. The predicted octanol–water partition coefficient (Wildman–Crippen LogP) is 4.18. The van der Waals surface area contributed by atoms with E-state index in [0.717, 1.165) is 12.3 Å². The van der Waals surface area contributed by atoms with Gasteiger partial charge in [0.15, 0.2) is 5.82 Å². The first-order valence-corrected chi connectivity index (χ1v) is 11.1. The Morgan fingerprint density at radius 1 is 1.32 bits per heavy atom. The van der Waals surface area contributed by atoms with Crippen LogP contribution in [0, 0.1) is 16.7 Å². The third-order valence-corrected chi connectivity index (χ3v) is 5.53. The molecule has 0 aliphatic carbocycles. The van der Waals surface area contributed by atoms with E-state index in [2.05, 4.69) is 36.8 Å². The maximum atomic E-state index is 13.0. The van der Waals surface area contributed by atoms with E-state index >= 15 is 0 Å². The summed E-state index contributed by atoms with van der Waals surface area (Å²) >= 11 is 0. The van der Waals surface area contributed by atoms with Gasteiger partial charge < -0.3 is 10.2 Å². The fourth-order valence-corrected chi connectivity index (χ4v) is 3.54. The second-order valence-electron chi connectivity index (χ2n) is 8.04. The number of pyridine rings is 1. The highest BCUT2D eigenvalue weighted by Crippen LogP contribution is 2.29. The summed E-state index contributed by atoms with van der Waals surface area (Å²) < 4.78 is 38.6. The fourth-order valence-electron chi connectivity index (χ4n) is 3.54. The maximum absolute atomic E-state index is 13.0. The lowest BCUT2D eigenvalue weighted by atomic mass is 10.1. The van der Waals surface area contributed by atoms with Crippen LogP contribution >= 0.6 is 0 Å². The van der Waals surface area contributed by atoms with E-state index in [1.165, 1.54) is 6.07 Å². The molecular weight excluding hydrogens is 487 g/mol. The molecule has 13 heteroatoms. The summed E-state index contributed by atoms with van der Waals surface area (Å²) in [5.41, 5.74) is -2.33. The van der Waals surface area contributed by atoms with Gasteiger partial charge in [-0.15, -0.1) is 6.58 Å². The van der Waals surface area contributed by atoms with Crippen molar-refractivity contribution >= 4 is 17.5 Å². The van der Waals surface area contributed by atoms with E-state index in [1.807, 2.05) is 0 Å². The SMILES string of the molecule is C=CCCC(c1ncccn1)N(C)c1nc(NC(C)c2ccc(C(F)(F)F)nc2)c(C(=N)C#N)c(=O)[nH]1. The third kappa shape index (κ3) is 6.35. The lowest BCUT2D eigenvalue weighted by Gasteiger charge is -2.28. The van der Waals surface area contributed by atoms with Crippen molar-refractivity contribution in [1.82, 2.24) is 24.9 Å². The van der Waals surface area contributed by atoms with E-state index in [4.69, 9.17) is 5.41 Å². The average molecular weight is 512 g/mol. The zero-order valence-electron chi connectivity index (χ0n) is 20.0. The summed E-state index contributed by atoms with van der Waals surface area (Å²) in [6.07, 6.45) is 2.59. The first-order chi connectivity index (χ1) is 17.6. The minimum Gasteiger partial charge on any atom is -0.363 e. The Morgan fingerprint density at radius 3 is 2.59 bits per heavy atom. The predicted molar refractivity (Wildman–Crippen MR) is 131 cm³/mol. The molecule has 0 aliphatic heterocycles. The zero-order valence-corrected chi connectivity index (χ0v) is 20.0. The summed E-state index contributed by atoms with van der Waals surface area (Å²) in [5.74, 6) is 0.518. The van der Waals surface area contributed by atoms with Crippen LogP contribution in [0.3, 0.4) is 0 Å². The summed E-state index contributed by atoms with van der Waals surface area (Å²) in [6.45, 7) is 5.37. The van der Waals surface area contributed by atoms with Gasteiger partial charge in [0.05, 0.1) is 12.1 Å². The maximum Gasteiger partial charge on any atom is 0.433 e. The molecule has 3 heterocycles. The van der Waals surface area contributed by atoms with Gasteiger partial charge in [-0.25, -0.2) is 9.97 Å². The van der Waals surface area contributed by atoms with Gasteiger partial charge in [-0.2, -0.15) is 23.4 Å². The highest BCUT2D eigenvalue weighted by molar-refractivity contribution is 6.12. The standard InChI is InChI=1S/C24H24F3N9O/c1-4-5-7-17(20-30-10-6-11-31-20)36(3)23-34-21(19(16(29)12-28)22(37)35-23)33-14(2)15-8-9-18(32-13-15)24(25,26)27/h4,6,8-11,13-14,17,29H,1,5,7H2,2-3H3,(H2,33,34,35,37). The van der Waals surface area contributed by atoms with Crippen LogP contribution in [0.2, 0.25) is 0 Å². The molecule has 2 unspecified atom stereocenters. The quantitative estimate of drug-likeness (QED) is 0.271. The van der Waals surface area contributed by atoms with Crippen LogP contribution in [0.1, 0.15) is 54.5 Å². The Kier molecular flexibility index (Phi) is 8.33. The number of nitrogens with one attached hydrogen (secondary N) is 3. The summed E-state index contributed by atoms with van der Waals surface area (Å²) in [6, 6.07) is 4.34. The number of hydrogen-bond donors (Lipinski definition) is 3. The fraction of sp³-hybridized carbons (Fsp3) is 0.292. The Hall–Kier alpha value is -4.60. The number of hydrogen-bond acceptors (Lipinski definition) is 9. The number of anilines is 2. The number of rotatable bonds is 10. The Balaban J connectivity index is 2.01. The second-order valence-corrected chi connectivity index (χ2v) is 8.04. The number of nitrogens with zero attached hydrogens (tertiary/aromatic N) is 6. The Morgan fingerprint density at radius 2 is 2.03 bits per heavy atom. The molecule has 3 rings (SSSR count). The van der Waals surface area contributed by atoms with E-state index in [1.54, 1.807) is 49.5 Å². The van der Waals surface area contributed by atoms with E-state index in [9.17, 15) is 23.2 Å². The van der Waals surface area contributed by atoms with Gasteiger partial charge in [-0.05, 0) is 37.5 Å². The molecule has 10 nitrogen and oxygen atoms in total. The number of aromatic nitrogens is 5. The molecule has 3 aromatic rings. The van der Waals surface area contributed by atoms with Crippen molar-refractivity contribution in [3.63, 3.8) is 0 Å². The van der Waals surface area contributed by atoms with Crippen LogP contribution in [0.25, 0.3) is 0 Å². The molecule has 37 heavy (non-hydrogen) atoms. The van der Waals surface area contributed by atoms with Crippen molar-refractivity contribution in [2.24, 2.45) is 0 Å². The van der Waals surface area contributed by atoms with Crippen LogP contribution in [0.15, 0.2) is 54.2 Å². The summed E-state index contributed by atoms with van der Waals surface area (Å²) in [5, 5.41) is 20.2. The molecule has 0 spiro atoms. The van der Waals surface area contributed by atoms with E-state index in [-0.39, 0.29) is 17.3 Å². The molecule has 0 radical (unpaired) electrons. The molecule has 192 valence electrons. The van der Waals surface area contributed by atoms with Crippen LogP contribution in [-0.4, -0.2) is 37.7 Å². The lowest BCUT2D eigenvalue weighted by Crippen LogP contribution is -2.31. The molecule has 0 fully saturated rings. The molecule has 2 atom stereocenters. The van der Waals surface area contributed by atoms with Gasteiger partial charge >= 0.3 is 6.18 Å². The highest BCUT2D eigenvalue weighted by atomic mass is 19.4. The molecule has 3 aromatic heterocycles. The second kappa shape index (κ2) is 11.4. The van der Waals surface area contributed by atoms with Crippen molar-refractivity contribution in [2.75, 3.05) is 17.3 Å². The van der Waals surface area contributed by atoms with Crippen LogP contribution in [-0.2, 0) is 6.18 Å². The van der Waals surface area contributed by atoms with Crippen molar-refractivity contribution in [2.45, 2.75) is 38.0 Å². The number of halogens is 3. The number of nitriles is 1. The molecule has 0 saturated heterocycles. The molecule has 0 bridgehead atoms. The Bertz CT molecular complexity index is 1350. The van der Waals surface area contributed by atoms with Crippen molar-refractivity contribution in [3.05, 3.63) is 82.4 Å². The van der Waals surface area contributed by atoms with Crippen molar-refractivity contribution in [3.8, 4) is 6.07 Å². The normalized spacial score (nSPS) is 12.8. The van der Waals surface area contributed by atoms with Crippen LogP contribution in [0.5, 0.6) is 0 Å². The average Bonchev–Trinajstić information content (AvgIpc) is 2.88. The topological polar surface area (TPSA) is 147 Å². The van der Waals surface area contributed by atoms with Crippen LogP contribution < -0.4 is 15.8 Å². The monoisotopic (exact) mass is 511 g/mol. The molecular formula is C24H24F3N9O. The van der Waals surface area contributed by atoms with Gasteiger partial charge in [0, 0.05) is 25.6 Å². The summed E-state index contributed by atoms with van der Waals surface area (Å²) in [7, 11) is 1.69. The molecule has 3 N–H and O–H groups in total. The zero-order chi connectivity index (χ0) is 27.2. The van der Waals surface area contributed by atoms with Crippen LogP contribution in [0.4, 0.5) is 24.9 Å². The minimum absolute atomic E-state index is 0.0824. The highest BCUT2D eigenvalue weighted by Gasteiger charge is 2.32. The first kappa shape index (κ1) is 27.0. The molecule has 0 amide bonds. The first-order valence-electron chi connectivity index (χ1n) is 11.1. The smallest absolute Gasteiger partial charge is 0.363 e. The molecule has 0 saturated carbocycles. The number of H-pyrrole nitrogens is 1. The number of alkyl halides is 3. The van der Waals surface area contributed by atoms with E-state index < -0.39 is 35.2 Å². The minimum atomic E-state index is -4.58. The van der Waals surface area contributed by atoms with Gasteiger partial charge in [-0.3, -0.25) is 20.2 Å². The number of allylic oxidation sites excluding steroid dienone is 1. The van der Waals surface area contributed by atoms with Gasteiger partial charge in [-0.1, -0.05) is 12.1 Å². The van der Waals surface area contributed by atoms with Gasteiger partial charge in [0.1, 0.15) is 28.9 Å². The molecule has 0 aromatic carbocycles. The van der Waals surface area contributed by atoms with Gasteiger partial charge in [0.25, 0.3) is 5.56 Å². The van der Waals surface area contributed by atoms with Crippen molar-refractivity contribution in [1.29, 1.82) is 10.7 Å². The van der Waals surface area contributed by atoms with E-state index in [0.29, 0.717) is 24.2 Å². The number of aromatic amines is 1. The Labute approximate surface area is 210 Å². The van der Waals surface area contributed by atoms with Gasteiger partial charge in [0.2, 0.25) is 5.95 Å². The largest absolute Gasteiger partial charge is 0.433 e. The lowest BCUT2D eigenvalue weighted by molar-refractivity contribution is -0.141. The third-order valence-electron chi connectivity index (χ3n) is 5.53. The summed E-state index contributed by atoms with van der Waals surface area (Å²) in [4.78, 5) is 33.8.